The van der Waals surface area contributed by atoms with E-state index in [0.717, 1.165) is 25.7 Å². The maximum Gasteiger partial charge on any atom is 1.00 e. The van der Waals surface area contributed by atoms with Crippen molar-refractivity contribution in [2.24, 2.45) is 16.3 Å². The van der Waals surface area contributed by atoms with Crippen LogP contribution in [0.2, 0.25) is 0 Å². The Kier molecular flexibility index (Phi) is 4.75. The molecule has 1 aliphatic heterocycles. The van der Waals surface area contributed by atoms with E-state index in [1.807, 2.05) is 0 Å². The fourth-order valence-electron chi connectivity index (χ4n) is 2.90. The Balaban J connectivity index is 0.00000144. The molecule has 0 aromatic heterocycles. The van der Waals surface area contributed by atoms with Crippen LogP contribution in [0.3, 0.4) is 0 Å². The molecule has 1 saturated carbocycles. The molecule has 1 atom stereocenters. The van der Waals surface area contributed by atoms with Crippen molar-refractivity contribution in [1.82, 2.24) is 5.32 Å². The van der Waals surface area contributed by atoms with Crippen molar-refractivity contribution >= 4 is 17.8 Å². The van der Waals surface area contributed by atoms with Crippen LogP contribution in [0.15, 0.2) is 4.99 Å². The molecule has 0 aromatic carbocycles. The summed E-state index contributed by atoms with van der Waals surface area (Å²) in [5.41, 5.74) is -1.08. The zero-order valence-corrected chi connectivity index (χ0v) is 12.3. The molecule has 5 nitrogen and oxygen atoms in total. The molecule has 0 radical (unpaired) electrons. The summed E-state index contributed by atoms with van der Waals surface area (Å²) < 4.78 is 0. The van der Waals surface area contributed by atoms with Gasteiger partial charge in [-0.05, 0) is 25.2 Å². The van der Waals surface area contributed by atoms with Crippen LogP contribution in [0.25, 0.3) is 0 Å². The van der Waals surface area contributed by atoms with Gasteiger partial charge in [0.2, 0.25) is 5.91 Å². The van der Waals surface area contributed by atoms with Crippen LogP contribution in [0, 0.1) is 11.3 Å². The van der Waals surface area contributed by atoms with Crippen LogP contribution in [0.5, 0.6) is 0 Å². The van der Waals surface area contributed by atoms with Crippen molar-refractivity contribution < 1.29 is 44.3 Å². The van der Waals surface area contributed by atoms with Gasteiger partial charge < -0.3 is 10.4 Å². The minimum Gasteiger partial charge on any atom is -0.846 e. The molecule has 2 amide bonds. The number of amides is 2. The second-order valence-corrected chi connectivity index (χ2v) is 4.48. The standard InChI is InChI=1S/C11H16N2O3.Na/c1-2-11(7-5-3-4-6-7)8(14)12-10(16)13-9(11)15;/h7H,2-6H2,1H3,(H2,12,13,14,15,16);/q;+1/p-1. The minimum atomic E-state index is -1.08. The number of carbonyl (C=O) groups is 2. The Labute approximate surface area is 122 Å². The summed E-state index contributed by atoms with van der Waals surface area (Å²) in [6, 6.07) is -0.822. The molecule has 1 heterocycles. The number of carbonyl (C=O) groups excluding carboxylic acids is 2. The van der Waals surface area contributed by atoms with Crippen LogP contribution in [0.1, 0.15) is 39.0 Å². The molecule has 1 fully saturated rings. The predicted molar refractivity (Wildman–Crippen MR) is 55.3 cm³/mol. The van der Waals surface area contributed by atoms with E-state index in [0.29, 0.717) is 6.42 Å². The van der Waals surface area contributed by atoms with E-state index >= 15 is 0 Å². The van der Waals surface area contributed by atoms with E-state index in [-0.39, 0.29) is 35.5 Å². The minimum absolute atomic E-state index is 0. The molecule has 88 valence electrons. The summed E-state index contributed by atoms with van der Waals surface area (Å²) in [6.45, 7) is 1.81. The van der Waals surface area contributed by atoms with Crippen LogP contribution in [-0.4, -0.2) is 17.8 Å². The fraction of sp³-hybridized carbons (Fsp3) is 0.727. The Morgan fingerprint density at radius 3 is 2.47 bits per heavy atom. The molecular formula is C11H15N2NaO3. The molecular weight excluding hydrogens is 231 g/mol. The van der Waals surface area contributed by atoms with E-state index in [4.69, 9.17) is 0 Å². The van der Waals surface area contributed by atoms with Gasteiger partial charge in [0.15, 0.2) is 0 Å². The molecule has 2 rings (SSSR count). The monoisotopic (exact) mass is 246 g/mol. The quantitative estimate of drug-likeness (QED) is 0.415. The van der Waals surface area contributed by atoms with E-state index in [9.17, 15) is 14.7 Å². The van der Waals surface area contributed by atoms with Gasteiger partial charge in [0.25, 0.3) is 5.91 Å². The summed E-state index contributed by atoms with van der Waals surface area (Å²) in [4.78, 5) is 27.2. The fourth-order valence-corrected chi connectivity index (χ4v) is 2.90. The first-order valence-corrected chi connectivity index (χ1v) is 5.73. The maximum atomic E-state index is 11.9. The average molecular weight is 246 g/mol. The molecule has 0 saturated heterocycles. The molecule has 1 unspecified atom stereocenters. The van der Waals surface area contributed by atoms with E-state index < -0.39 is 23.3 Å². The first-order valence-electron chi connectivity index (χ1n) is 5.73. The summed E-state index contributed by atoms with van der Waals surface area (Å²) in [5.74, 6) is -0.954. The van der Waals surface area contributed by atoms with Crippen molar-refractivity contribution in [1.29, 1.82) is 0 Å². The molecule has 1 N–H and O–H groups in total. The van der Waals surface area contributed by atoms with Gasteiger partial charge in [-0.25, -0.2) is 4.99 Å². The topological polar surface area (TPSA) is 81.6 Å². The van der Waals surface area contributed by atoms with Gasteiger partial charge in [-0.15, -0.1) is 0 Å². The van der Waals surface area contributed by atoms with Gasteiger partial charge >= 0.3 is 29.6 Å². The number of aliphatic imine (C=N–C) groups is 1. The number of nitrogens with zero attached hydrogens (tertiary/aromatic N) is 1. The second kappa shape index (κ2) is 5.50. The Morgan fingerprint density at radius 2 is 2.00 bits per heavy atom. The first-order chi connectivity index (χ1) is 7.61. The van der Waals surface area contributed by atoms with E-state index in [2.05, 4.69) is 10.3 Å². The molecule has 2 aliphatic rings. The molecule has 1 aliphatic carbocycles. The van der Waals surface area contributed by atoms with Crippen molar-refractivity contribution in [3.8, 4) is 0 Å². The predicted octanol–water partition coefficient (Wildman–Crippen LogP) is -3.05. The molecule has 0 aromatic rings. The van der Waals surface area contributed by atoms with Crippen molar-refractivity contribution in [3.63, 3.8) is 0 Å². The third-order valence-electron chi connectivity index (χ3n) is 3.82. The number of hydrogen-bond acceptors (Lipinski definition) is 3. The number of amidine groups is 1. The Hall–Kier alpha value is -0.390. The molecule has 0 bridgehead atoms. The zero-order valence-electron chi connectivity index (χ0n) is 10.3. The smallest absolute Gasteiger partial charge is 0.846 e. The van der Waals surface area contributed by atoms with Gasteiger partial charge in [0, 0.05) is 0 Å². The summed E-state index contributed by atoms with van der Waals surface area (Å²) in [6.07, 6.45) is 4.24. The number of hydrogen-bond donors (Lipinski definition) is 1. The van der Waals surface area contributed by atoms with Crippen molar-refractivity contribution in [2.75, 3.05) is 0 Å². The van der Waals surface area contributed by atoms with E-state index in [1.165, 1.54) is 0 Å². The van der Waals surface area contributed by atoms with Crippen LogP contribution in [-0.2, 0) is 9.59 Å². The number of nitrogens with one attached hydrogen (secondary N) is 1. The average Bonchev–Trinajstić information content (AvgIpc) is 2.71. The third-order valence-corrected chi connectivity index (χ3v) is 3.82. The second-order valence-electron chi connectivity index (χ2n) is 4.48. The summed E-state index contributed by atoms with van der Waals surface area (Å²) in [5, 5.41) is 13.1. The van der Waals surface area contributed by atoms with Crippen molar-refractivity contribution in [2.45, 2.75) is 39.0 Å². The summed E-state index contributed by atoms with van der Waals surface area (Å²) >= 11 is 0. The maximum absolute atomic E-state index is 11.9. The van der Waals surface area contributed by atoms with Crippen LogP contribution < -0.4 is 40.0 Å². The van der Waals surface area contributed by atoms with Crippen molar-refractivity contribution in [3.05, 3.63) is 0 Å². The Morgan fingerprint density at radius 1 is 1.41 bits per heavy atom. The van der Waals surface area contributed by atoms with Gasteiger partial charge in [-0.1, -0.05) is 19.8 Å². The first kappa shape index (κ1) is 14.7. The molecule has 17 heavy (non-hydrogen) atoms. The van der Waals surface area contributed by atoms with Gasteiger partial charge in [0.1, 0.15) is 5.41 Å². The Bertz CT molecular complexity index is 364. The number of rotatable bonds is 2. The van der Waals surface area contributed by atoms with Gasteiger partial charge in [-0.3, -0.25) is 9.59 Å². The largest absolute Gasteiger partial charge is 1.00 e. The molecule has 6 heteroatoms. The summed E-state index contributed by atoms with van der Waals surface area (Å²) in [7, 11) is 0. The van der Waals surface area contributed by atoms with E-state index in [1.54, 1.807) is 6.92 Å². The molecule has 0 spiro atoms. The third kappa shape index (κ3) is 2.28. The van der Waals surface area contributed by atoms with Gasteiger partial charge in [0.05, 0.1) is 6.02 Å². The van der Waals surface area contributed by atoms with Crippen LogP contribution >= 0.6 is 0 Å². The SMILES string of the molecule is CCC1(C2CCCC2)C(=O)N=C([O-])NC1=O.[Na+]. The van der Waals surface area contributed by atoms with Gasteiger partial charge in [-0.2, -0.15) is 0 Å². The normalized spacial score (nSPS) is 29.6. The van der Waals surface area contributed by atoms with Crippen LogP contribution in [0.4, 0.5) is 0 Å². The zero-order chi connectivity index (χ0) is 11.8.